The first-order valence-electron chi connectivity index (χ1n) is 3.28. The molecule has 0 N–H and O–H groups in total. The van der Waals surface area contributed by atoms with E-state index in [0.29, 0.717) is 6.54 Å². The number of hydrazone groups is 1. The monoisotopic (exact) mass is 165 g/mol. The Morgan fingerprint density at radius 1 is 1.64 bits per heavy atom. The molecule has 0 atom stereocenters. The first-order chi connectivity index (χ1) is 5.04. The quantitative estimate of drug-likeness (QED) is 0.578. The minimum atomic E-state index is -4.26. The van der Waals surface area contributed by atoms with E-state index in [1.165, 1.54) is 11.6 Å². The lowest BCUT2D eigenvalue weighted by atomic mass is 10.3. The average Bonchev–Trinajstić information content (AvgIpc) is 2.32. The first kappa shape index (κ1) is 8.36. The van der Waals surface area contributed by atoms with E-state index in [4.69, 9.17) is 0 Å². The van der Waals surface area contributed by atoms with Crippen LogP contribution in [0.25, 0.3) is 0 Å². The van der Waals surface area contributed by atoms with Crippen molar-refractivity contribution in [1.82, 2.24) is 5.01 Å². The van der Waals surface area contributed by atoms with E-state index < -0.39 is 11.9 Å². The Morgan fingerprint density at radius 2 is 2.27 bits per heavy atom. The van der Waals surface area contributed by atoms with Gasteiger partial charge in [0.25, 0.3) is 0 Å². The summed E-state index contributed by atoms with van der Waals surface area (Å²) in [4.78, 5) is 0. The van der Waals surface area contributed by atoms with Crippen molar-refractivity contribution in [2.75, 3.05) is 6.54 Å². The summed E-state index contributed by atoms with van der Waals surface area (Å²) in [6.45, 7) is 3.67. The molecule has 0 aromatic heterocycles. The van der Waals surface area contributed by atoms with Crippen molar-refractivity contribution < 1.29 is 13.2 Å². The molecular formula is C6H8F3N2. The van der Waals surface area contributed by atoms with Crippen LogP contribution >= 0.6 is 0 Å². The molecular weight excluding hydrogens is 157 g/mol. The maximum Gasteiger partial charge on any atom is 0.431 e. The van der Waals surface area contributed by atoms with Crippen molar-refractivity contribution in [2.45, 2.75) is 19.5 Å². The van der Waals surface area contributed by atoms with Crippen molar-refractivity contribution in [1.29, 1.82) is 0 Å². The van der Waals surface area contributed by atoms with Crippen molar-refractivity contribution in [3.63, 3.8) is 0 Å². The average molecular weight is 165 g/mol. The maximum absolute atomic E-state index is 11.9. The summed E-state index contributed by atoms with van der Waals surface area (Å²) in [5.41, 5.74) is -0.709. The predicted octanol–water partition coefficient (Wildman–Crippen LogP) is 1.79. The van der Waals surface area contributed by atoms with Gasteiger partial charge in [0.2, 0.25) is 0 Å². The Bertz CT molecular complexity index is 173. The lowest BCUT2D eigenvalue weighted by Gasteiger charge is -2.07. The number of halogens is 3. The Labute approximate surface area is 62.7 Å². The van der Waals surface area contributed by atoms with Crippen LogP contribution in [0.3, 0.4) is 0 Å². The predicted molar refractivity (Wildman–Crippen MR) is 34.8 cm³/mol. The zero-order valence-corrected chi connectivity index (χ0v) is 6.02. The largest absolute Gasteiger partial charge is 0.431 e. The van der Waals surface area contributed by atoms with Gasteiger partial charge in [-0.3, -0.25) is 5.01 Å². The second-order valence-electron chi connectivity index (χ2n) is 2.19. The number of rotatable bonds is 1. The van der Waals surface area contributed by atoms with Crippen LogP contribution in [0.1, 0.15) is 13.3 Å². The lowest BCUT2D eigenvalue weighted by Crippen LogP contribution is -2.20. The molecule has 1 aliphatic heterocycles. The molecule has 0 spiro atoms. The Hall–Kier alpha value is -0.740. The van der Waals surface area contributed by atoms with E-state index in [1.54, 1.807) is 6.92 Å². The zero-order valence-electron chi connectivity index (χ0n) is 6.02. The molecule has 0 bridgehead atoms. The lowest BCUT2D eigenvalue weighted by molar-refractivity contribution is -0.0600. The second-order valence-corrected chi connectivity index (χ2v) is 2.19. The molecule has 0 unspecified atom stereocenters. The van der Waals surface area contributed by atoms with Gasteiger partial charge in [-0.1, -0.05) is 0 Å². The fourth-order valence-electron chi connectivity index (χ4n) is 0.801. The maximum atomic E-state index is 11.9. The van der Waals surface area contributed by atoms with Gasteiger partial charge in [0, 0.05) is 13.0 Å². The number of alkyl halides is 3. The number of nitrogens with zero attached hydrogens (tertiary/aromatic N) is 2. The van der Waals surface area contributed by atoms with Crippen LogP contribution in [0.15, 0.2) is 5.10 Å². The summed E-state index contributed by atoms with van der Waals surface area (Å²) < 4.78 is 35.7. The second kappa shape index (κ2) is 2.71. The van der Waals surface area contributed by atoms with E-state index in [0.717, 1.165) is 0 Å². The van der Waals surface area contributed by atoms with Gasteiger partial charge in [0.15, 0.2) is 0 Å². The Balaban J connectivity index is 2.62. The molecule has 0 aromatic carbocycles. The zero-order chi connectivity index (χ0) is 8.48. The standard InChI is InChI=1S/C6H8F3N2/c1-2-11-4-3-5(10-11)6(7,8)9/h4H,2-3H2,1H3. The molecule has 1 heterocycles. The summed E-state index contributed by atoms with van der Waals surface area (Å²) in [6, 6.07) is 0. The van der Waals surface area contributed by atoms with Gasteiger partial charge >= 0.3 is 6.18 Å². The van der Waals surface area contributed by atoms with E-state index in [2.05, 4.69) is 5.10 Å². The van der Waals surface area contributed by atoms with E-state index in [-0.39, 0.29) is 6.42 Å². The van der Waals surface area contributed by atoms with Gasteiger partial charge in [-0.2, -0.15) is 18.3 Å². The molecule has 11 heavy (non-hydrogen) atoms. The molecule has 63 valence electrons. The van der Waals surface area contributed by atoms with Crippen LogP contribution in [-0.2, 0) is 0 Å². The van der Waals surface area contributed by atoms with Crippen molar-refractivity contribution in [3.8, 4) is 0 Å². The molecule has 1 aliphatic rings. The molecule has 1 radical (unpaired) electrons. The molecule has 5 heteroatoms. The highest BCUT2D eigenvalue weighted by atomic mass is 19.4. The fraction of sp³-hybridized carbons (Fsp3) is 0.667. The highest BCUT2D eigenvalue weighted by Crippen LogP contribution is 2.25. The third kappa shape index (κ3) is 1.85. The highest BCUT2D eigenvalue weighted by Gasteiger charge is 2.38. The van der Waals surface area contributed by atoms with Crippen LogP contribution in [0.5, 0.6) is 0 Å². The molecule has 0 fully saturated rings. The Kier molecular flexibility index (Phi) is 2.06. The number of hydrogen-bond donors (Lipinski definition) is 0. The van der Waals surface area contributed by atoms with Crippen molar-refractivity contribution in [3.05, 3.63) is 6.54 Å². The van der Waals surface area contributed by atoms with Gasteiger partial charge in [-0.05, 0) is 6.92 Å². The first-order valence-corrected chi connectivity index (χ1v) is 3.28. The third-order valence-corrected chi connectivity index (χ3v) is 1.40. The topological polar surface area (TPSA) is 15.6 Å². The summed E-state index contributed by atoms with van der Waals surface area (Å²) in [7, 11) is 0. The van der Waals surface area contributed by atoms with Crippen LogP contribution in [0, 0.1) is 6.54 Å². The van der Waals surface area contributed by atoms with E-state index in [9.17, 15) is 13.2 Å². The summed E-state index contributed by atoms with van der Waals surface area (Å²) in [5, 5.41) is 4.64. The smallest absolute Gasteiger partial charge is 0.291 e. The minimum Gasteiger partial charge on any atom is -0.291 e. The van der Waals surface area contributed by atoms with Crippen molar-refractivity contribution >= 4 is 5.71 Å². The molecule has 0 saturated carbocycles. The van der Waals surface area contributed by atoms with E-state index in [1.807, 2.05) is 0 Å². The van der Waals surface area contributed by atoms with Gasteiger partial charge in [-0.15, -0.1) is 0 Å². The summed E-state index contributed by atoms with van der Waals surface area (Å²) >= 11 is 0. The van der Waals surface area contributed by atoms with Gasteiger partial charge < -0.3 is 0 Å². The number of hydrogen-bond acceptors (Lipinski definition) is 2. The van der Waals surface area contributed by atoms with E-state index >= 15 is 0 Å². The summed E-state index contributed by atoms with van der Waals surface area (Å²) in [6.07, 6.45) is -4.36. The SMILES string of the molecule is CCN1[CH]CC(C(F)(F)F)=N1. The van der Waals surface area contributed by atoms with Gasteiger partial charge in [0.1, 0.15) is 5.71 Å². The molecule has 0 aliphatic carbocycles. The minimum absolute atomic E-state index is 0.0999. The summed E-state index contributed by atoms with van der Waals surface area (Å²) in [5.74, 6) is 0. The van der Waals surface area contributed by atoms with Crippen LogP contribution in [0.2, 0.25) is 0 Å². The molecule has 0 saturated heterocycles. The Morgan fingerprint density at radius 3 is 2.55 bits per heavy atom. The molecule has 2 nitrogen and oxygen atoms in total. The molecule has 1 rings (SSSR count). The van der Waals surface area contributed by atoms with Crippen molar-refractivity contribution in [2.24, 2.45) is 5.10 Å². The van der Waals surface area contributed by atoms with Crippen LogP contribution in [-0.4, -0.2) is 23.4 Å². The third-order valence-electron chi connectivity index (χ3n) is 1.40. The van der Waals surface area contributed by atoms with Gasteiger partial charge in [0.05, 0.1) is 6.54 Å². The molecule has 0 aromatic rings. The van der Waals surface area contributed by atoms with Crippen LogP contribution < -0.4 is 0 Å². The highest BCUT2D eigenvalue weighted by molar-refractivity contribution is 5.91. The fourth-order valence-corrected chi connectivity index (χ4v) is 0.801. The normalized spacial score (nSPS) is 18.9. The molecule has 0 amide bonds. The van der Waals surface area contributed by atoms with Crippen LogP contribution in [0.4, 0.5) is 13.2 Å². The van der Waals surface area contributed by atoms with Gasteiger partial charge in [-0.25, -0.2) is 0 Å².